The molecule has 1 aliphatic heterocycles. The standard InChI is InChI=1S/C21H20N6O2/c22-9-15-1-2-19(21-25-11-16(10-23)12-26-21)20(7-15)29-18-8-17(13-24-14-18)27-3-5-28-6-4-27/h1-2,7-8,11-14H,3-6,10,23H2. The summed E-state index contributed by atoms with van der Waals surface area (Å²) in [5, 5.41) is 9.29. The van der Waals surface area contributed by atoms with Gasteiger partial charge in [-0.3, -0.25) is 4.98 Å². The first kappa shape index (κ1) is 18.8. The van der Waals surface area contributed by atoms with Crippen LogP contribution in [0.3, 0.4) is 0 Å². The van der Waals surface area contributed by atoms with Gasteiger partial charge in [0.2, 0.25) is 0 Å². The van der Waals surface area contributed by atoms with Gasteiger partial charge in [0.1, 0.15) is 11.5 Å². The number of morpholine rings is 1. The Balaban J connectivity index is 1.66. The molecule has 1 aliphatic rings. The fourth-order valence-corrected chi connectivity index (χ4v) is 3.04. The predicted octanol–water partition coefficient (Wildman–Crippen LogP) is 2.50. The van der Waals surface area contributed by atoms with Crippen molar-refractivity contribution >= 4 is 5.69 Å². The van der Waals surface area contributed by atoms with E-state index in [1.807, 2.05) is 6.07 Å². The van der Waals surface area contributed by atoms with Crippen molar-refractivity contribution in [3.8, 4) is 29.0 Å². The molecule has 3 aromatic rings. The highest BCUT2D eigenvalue weighted by Gasteiger charge is 2.15. The van der Waals surface area contributed by atoms with Crippen molar-refractivity contribution in [2.45, 2.75) is 6.54 Å². The molecule has 3 heterocycles. The van der Waals surface area contributed by atoms with Crippen molar-refractivity contribution in [1.29, 1.82) is 5.26 Å². The predicted molar refractivity (Wildman–Crippen MR) is 107 cm³/mol. The molecule has 2 N–H and O–H groups in total. The first-order valence-corrected chi connectivity index (χ1v) is 9.28. The first-order chi connectivity index (χ1) is 14.3. The maximum atomic E-state index is 9.29. The molecule has 1 fully saturated rings. The van der Waals surface area contributed by atoms with E-state index in [9.17, 15) is 5.26 Å². The van der Waals surface area contributed by atoms with Gasteiger partial charge in [0, 0.05) is 43.7 Å². The summed E-state index contributed by atoms with van der Waals surface area (Å²) in [4.78, 5) is 15.3. The zero-order valence-corrected chi connectivity index (χ0v) is 15.8. The fourth-order valence-electron chi connectivity index (χ4n) is 3.04. The monoisotopic (exact) mass is 388 g/mol. The Kier molecular flexibility index (Phi) is 5.61. The molecular weight excluding hydrogens is 368 g/mol. The number of benzene rings is 1. The minimum Gasteiger partial charge on any atom is -0.455 e. The molecule has 8 nitrogen and oxygen atoms in total. The number of nitrogens with zero attached hydrogens (tertiary/aromatic N) is 5. The number of rotatable bonds is 5. The molecule has 0 bridgehead atoms. The topological polar surface area (TPSA) is 110 Å². The van der Waals surface area contributed by atoms with Gasteiger partial charge >= 0.3 is 0 Å². The zero-order chi connectivity index (χ0) is 20.1. The molecule has 2 aromatic heterocycles. The molecule has 8 heteroatoms. The summed E-state index contributed by atoms with van der Waals surface area (Å²) in [5.74, 6) is 1.56. The van der Waals surface area contributed by atoms with Gasteiger partial charge in [-0.1, -0.05) is 0 Å². The zero-order valence-electron chi connectivity index (χ0n) is 15.8. The van der Waals surface area contributed by atoms with Crippen LogP contribution in [0.4, 0.5) is 5.69 Å². The molecule has 0 unspecified atom stereocenters. The third kappa shape index (κ3) is 4.32. The van der Waals surface area contributed by atoms with Gasteiger partial charge in [-0.05, 0) is 18.2 Å². The van der Waals surface area contributed by atoms with Gasteiger partial charge in [-0.15, -0.1) is 0 Å². The summed E-state index contributed by atoms with van der Waals surface area (Å²) in [7, 11) is 0. The Morgan fingerprint density at radius 2 is 1.90 bits per heavy atom. The number of aromatic nitrogens is 3. The van der Waals surface area contributed by atoms with E-state index >= 15 is 0 Å². The minimum atomic E-state index is 0.372. The second-order valence-electron chi connectivity index (χ2n) is 6.52. The molecule has 0 atom stereocenters. The van der Waals surface area contributed by atoms with E-state index in [4.69, 9.17) is 15.2 Å². The van der Waals surface area contributed by atoms with E-state index < -0.39 is 0 Å². The Morgan fingerprint density at radius 3 is 2.62 bits per heavy atom. The highest BCUT2D eigenvalue weighted by molar-refractivity contribution is 5.66. The van der Waals surface area contributed by atoms with Crippen molar-refractivity contribution in [2.75, 3.05) is 31.2 Å². The number of ether oxygens (including phenoxy) is 2. The first-order valence-electron chi connectivity index (χ1n) is 9.28. The Bertz CT molecular complexity index is 1030. The lowest BCUT2D eigenvalue weighted by atomic mass is 10.1. The number of nitrogens with two attached hydrogens (primary N) is 1. The van der Waals surface area contributed by atoms with E-state index in [2.05, 4.69) is 25.9 Å². The molecule has 0 radical (unpaired) electrons. The number of hydrogen-bond acceptors (Lipinski definition) is 8. The molecule has 29 heavy (non-hydrogen) atoms. The minimum absolute atomic E-state index is 0.372. The number of pyridine rings is 1. The van der Waals surface area contributed by atoms with Crippen molar-refractivity contribution in [3.63, 3.8) is 0 Å². The maximum Gasteiger partial charge on any atom is 0.162 e. The Labute approximate surface area is 168 Å². The van der Waals surface area contributed by atoms with Gasteiger partial charge in [-0.2, -0.15) is 5.26 Å². The highest BCUT2D eigenvalue weighted by atomic mass is 16.5. The number of nitriles is 1. The van der Waals surface area contributed by atoms with E-state index in [1.165, 1.54) is 0 Å². The summed E-state index contributed by atoms with van der Waals surface area (Å²) < 4.78 is 11.5. The van der Waals surface area contributed by atoms with E-state index in [-0.39, 0.29) is 0 Å². The summed E-state index contributed by atoms with van der Waals surface area (Å²) in [6.45, 7) is 3.37. The molecule has 1 aromatic carbocycles. The highest BCUT2D eigenvalue weighted by Crippen LogP contribution is 2.33. The molecule has 0 spiro atoms. The summed E-state index contributed by atoms with van der Waals surface area (Å²) >= 11 is 0. The summed E-state index contributed by atoms with van der Waals surface area (Å²) in [6, 6.07) is 9.24. The molecule has 0 saturated carbocycles. The van der Waals surface area contributed by atoms with Crippen molar-refractivity contribution in [3.05, 3.63) is 60.2 Å². The molecule has 1 saturated heterocycles. The quantitative estimate of drug-likeness (QED) is 0.710. The van der Waals surface area contributed by atoms with Crippen molar-refractivity contribution in [2.24, 2.45) is 5.73 Å². The molecule has 146 valence electrons. The van der Waals surface area contributed by atoms with Crippen molar-refractivity contribution in [1.82, 2.24) is 15.0 Å². The van der Waals surface area contributed by atoms with E-state index in [0.29, 0.717) is 48.2 Å². The lowest BCUT2D eigenvalue weighted by molar-refractivity contribution is 0.122. The second kappa shape index (κ2) is 8.65. The van der Waals surface area contributed by atoms with E-state index in [1.54, 1.807) is 43.0 Å². The van der Waals surface area contributed by atoms with Gasteiger partial charge in [-0.25, -0.2) is 9.97 Å². The van der Waals surface area contributed by atoms with Gasteiger partial charge < -0.3 is 20.1 Å². The third-order valence-corrected chi connectivity index (χ3v) is 4.60. The number of anilines is 1. The lowest BCUT2D eigenvalue weighted by Crippen LogP contribution is -2.36. The average Bonchev–Trinajstić information content (AvgIpc) is 2.80. The van der Waals surface area contributed by atoms with Crippen LogP contribution in [0.5, 0.6) is 11.5 Å². The maximum absolute atomic E-state index is 9.29. The van der Waals surface area contributed by atoms with Crippen LogP contribution in [0.15, 0.2) is 49.1 Å². The van der Waals surface area contributed by atoms with Crippen LogP contribution in [0.2, 0.25) is 0 Å². The third-order valence-electron chi connectivity index (χ3n) is 4.60. The summed E-state index contributed by atoms with van der Waals surface area (Å²) in [6.07, 6.45) is 6.82. The average molecular weight is 388 g/mol. The lowest BCUT2D eigenvalue weighted by Gasteiger charge is -2.28. The molecule has 0 amide bonds. The van der Waals surface area contributed by atoms with Crippen LogP contribution in [-0.4, -0.2) is 41.3 Å². The van der Waals surface area contributed by atoms with E-state index in [0.717, 1.165) is 24.3 Å². The molecule has 4 rings (SSSR count). The van der Waals surface area contributed by atoms with Crippen molar-refractivity contribution < 1.29 is 9.47 Å². The van der Waals surface area contributed by atoms with Crippen LogP contribution in [0, 0.1) is 11.3 Å². The molecule has 0 aliphatic carbocycles. The van der Waals surface area contributed by atoms with Gasteiger partial charge in [0.05, 0.1) is 48.5 Å². The fraction of sp³-hybridized carbons (Fsp3) is 0.238. The molecular formula is C21H20N6O2. The number of hydrogen-bond donors (Lipinski definition) is 1. The SMILES string of the molecule is N#Cc1ccc(-c2ncc(CN)cn2)c(Oc2cncc(N3CCOCC3)c2)c1. The smallest absolute Gasteiger partial charge is 0.162 e. The normalized spacial score (nSPS) is 13.7. The van der Waals surface area contributed by atoms with Crippen LogP contribution in [0.1, 0.15) is 11.1 Å². The largest absolute Gasteiger partial charge is 0.455 e. The van der Waals surface area contributed by atoms with Gasteiger partial charge in [0.25, 0.3) is 0 Å². The van der Waals surface area contributed by atoms with Crippen LogP contribution in [0.25, 0.3) is 11.4 Å². The Hall–Kier alpha value is -3.54. The Morgan fingerprint density at radius 1 is 1.10 bits per heavy atom. The van der Waals surface area contributed by atoms with Crippen LogP contribution < -0.4 is 15.4 Å². The van der Waals surface area contributed by atoms with Crippen LogP contribution in [-0.2, 0) is 11.3 Å². The second-order valence-corrected chi connectivity index (χ2v) is 6.52. The summed E-state index contributed by atoms with van der Waals surface area (Å²) in [5.41, 5.74) is 8.60. The van der Waals surface area contributed by atoms with Gasteiger partial charge in [0.15, 0.2) is 5.82 Å². The van der Waals surface area contributed by atoms with Crippen LogP contribution >= 0.6 is 0 Å².